The van der Waals surface area contributed by atoms with E-state index in [0.717, 1.165) is 34.9 Å². The number of amides is 2. The van der Waals surface area contributed by atoms with Crippen molar-refractivity contribution in [2.75, 3.05) is 26.2 Å². The van der Waals surface area contributed by atoms with Gasteiger partial charge in [0.25, 0.3) is 0 Å². The van der Waals surface area contributed by atoms with Crippen LogP contribution in [0, 0.1) is 17.8 Å². The molecular weight excluding hydrogens is 578 g/mol. The maximum absolute atomic E-state index is 14.1. The molecule has 1 saturated carbocycles. The molecule has 1 saturated heterocycles. The maximum Gasteiger partial charge on any atom is 0.307 e. The van der Waals surface area contributed by atoms with Crippen LogP contribution >= 0.6 is 15.9 Å². The van der Waals surface area contributed by atoms with Crippen molar-refractivity contribution < 1.29 is 24.2 Å². The Bertz CT molecular complexity index is 1160. The molecule has 4 atom stereocenters. The first-order chi connectivity index (χ1) is 19.0. The Morgan fingerprint density at radius 1 is 1.20 bits per heavy atom. The smallest absolute Gasteiger partial charge is 0.307 e. The fourth-order valence-corrected chi connectivity index (χ4v) is 6.66. The van der Waals surface area contributed by atoms with E-state index in [0.29, 0.717) is 50.3 Å². The third-order valence-electron chi connectivity index (χ3n) is 8.52. The van der Waals surface area contributed by atoms with Gasteiger partial charge in [-0.15, -0.1) is 0 Å². The first-order valence-corrected chi connectivity index (χ1v) is 15.0. The molecule has 3 aliphatic rings. The van der Waals surface area contributed by atoms with E-state index >= 15 is 0 Å². The molecule has 0 radical (unpaired) electrons. The Morgan fingerprint density at radius 3 is 2.52 bits per heavy atom. The summed E-state index contributed by atoms with van der Waals surface area (Å²) >= 11 is 3.69. The molecule has 11 heteroatoms. The lowest BCUT2D eigenvalue weighted by molar-refractivity contribution is -0.154. The van der Waals surface area contributed by atoms with Gasteiger partial charge in [-0.1, -0.05) is 35.7 Å². The number of aliphatic carboxylic acids is 1. The van der Waals surface area contributed by atoms with Crippen LogP contribution in [0.5, 0.6) is 5.75 Å². The second-order valence-electron chi connectivity index (χ2n) is 11.6. The van der Waals surface area contributed by atoms with Gasteiger partial charge in [-0.2, -0.15) is 0 Å². The Balaban J connectivity index is 1.70. The summed E-state index contributed by atoms with van der Waals surface area (Å²) < 4.78 is 7.15. The van der Waals surface area contributed by atoms with Crippen LogP contribution in [-0.4, -0.2) is 70.0 Å². The van der Waals surface area contributed by atoms with Gasteiger partial charge in [0.05, 0.1) is 23.6 Å². The highest BCUT2D eigenvalue weighted by Gasteiger charge is 2.44. The number of carbonyl (C=O) groups is 3. The number of nitrogens with zero attached hydrogens (tertiary/aromatic N) is 3. The number of carbonyl (C=O) groups excluding carboxylic acids is 2. The molecular formula is C29H42BrN5O5. The number of hydrogen-bond donors (Lipinski definition) is 3. The van der Waals surface area contributed by atoms with E-state index in [-0.39, 0.29) is 30.4 Å². The third kappa shape index (κ3) is 6.40. The number of carboxylic acids is 1. The summed E-state index contributed by atoms with van der Waals surface area (Å²) in [5.74, 6) is 4.26. The van der Waals surface area contributed by atoms with E-state index in [1.807, 2.05) is 42.7 Å². The topological polar surface area (TPSA) is 142 Å². The van der Waals surface area contributed by atoms with Crippen LogP contribution in [0.3, 0.4) is 0 Å². The minimum absolute atomic E-state index is 0.0646. The summed E-state index contributed by atoms with van der Waals surface area (Å²) in [5, 5.41) is 11.4. The fraction of sp³-hybridized carbons (Fsp3) is 0.621. The van der Waals surface area contributed by atoms with Gasteiger partial charge in [0.1, 0.15) is 12.4 Å². The molecule has 5 N–H and O–H groups in total. The lowest BCUT2D eigenvalue weighted by Gasteiger charge is -2.43. The van der Waals surface area contributed by atoms with E-state index < -0.39 is 23.8 Å². The first-order valence-electron chi connectivity index (χ1n) is 14.2. The summed E-state index contributed by atoms with van der Waals surface area (Å²) in [5.41, 5.74) is 8.52. The Morgan fingerprint density at radius 2 is 1.90 bits per heavy atom. The van der Waals surface area contributed by atoms with Crippen molar-refractivity contribution >= 4 is 33.7 Å². The van der Waals surface area contributed by atoms with E-state index in [4.69, 9.17) is 16.3 Å². The van der Waals surface area contributed by atoms with Crippen molar-refractivity contribution in [3.8, 4) is 5.75 Å². The van der Waals surface area contributed by atoms with Crippen molar-refractivity contribution in [2.45, 2.75) is 71.4 Å². The molecule has 40 heavy (non-hydrogen) atoms. The van der Waals surface area contributed by atoms with Crippen molar-refractivity contribution in [3.05, 3.63) is 39.6 Å². The molecule has 2 amide bonds. The van der Waals surface area contributed by atoms with Gasteiger partial charge in [-0.3, -0.25) is 14.4 Å². The normalized spacial score (nSPS) is 25.2. The minimum Gasteiger partial charge on any atom is -0.487 e. The fourth-order valence-electron chi connectivity index (χ4n) is 6.12. The predicted octanol–water partition coefficient (Wildman–Crippen LogP) is 3.40. The zero-order valence-corrected chi connectivity index (χ0v) is 25.2. The Labute approximate surface area is 244 Å². The average molecular weight is 621 g/mol. The molecule has 0 aromatic heterocycles. The van der Waals surface area contributed by atoms with Gasteiger partial charge in [0, 0.05) is 47.8 Å². The van der Waals surface area contributed by atoms with Crippen molar-refractivity contribution in [1.29, 1.82) is 0 Å². The van der Waals surface area contributed by atoms with Crippen LogP contribution in [-0.2, 0) is 20.8 Å². The van der Waals surface area contributed by atoms with E-state index in [1.165, 1.54) is 5.01 Å². The molecule has 1 aromatic carbocycles. The lowest BCUT2D eigenvalue weighted by Crippen LogP contribution is -2.50. The van der Waals surface area contributed by atoms with Crippen LogP contribution in [0.25, 0.3) is 0 Å². The third-order valence-corrected chi connectivity index (χ3v) is 9.26. The quantitative estimate of drug-likeness (QED) is 0.282. The summed E-state index contributed by atoms with van der Waals surface area (Å²) in [6.45, 7) is 7.32. The summed E-state index contributed by atoms with van der Waals surface area (Å²) in [7, 11) is 0. The summed E-state index contributed by atoms with van der Waals surface area (Å²) in [6.07, 6.45) is 5.69. The SMILES string of the molecule is CC1CCN(CC2c3c(OC/C(N)=C/N(N)C(C)C)ccc(Br)c3CCN2C(=O)C2CCCCC2C(=O)O)C1=O. The molecule has 2 fully saturated rings. The maximum atomic E-state index is 14.1. The highest BCUT2D eigenvalue weighted by atomic mass is 79.9. The van der Waals surface area contributed by atoms with Gasteiger partial charge in [-0.25, -0.2) is 5.84 Å². The standard InChI is InChI=1S/C29H42BrN5O5/c1-17(2)35(32)14-19(31)16-40-25-9-8-23(30)22-11-13-34(28(37)20-6-4-5-7-21(20)29(38)39)24(26(22)25)15-33-12-10-18(3)27(33)36/h8-9,14,17-18,20-21,24H,4-7,10-13,15-16,31-32H2,1-3H3,(H,38,39)/b19-14-. The number of ether oxygens (including phenoxy) is 1. The zero-order valence-electron chi connectivity index (χ0n) is 23.6. The Kier molecular flexibility index (Phi) is 9.66. The number of hydrazine groups is 1. The zero-order chi connectivity index (χ0) is 29.1. The van der Waals surface area contributed by atoms with Crippen LogP contribution < -0.4 is 16.3 Å². The molecule has 220 valence electrons. The first kappa shape index (κ1) is 30.2. The summed E-state index contributed by atoms with van der Waals surface area (Å²) in [4.78, 5) is 42.8. The van der Waals surface area contributed by atoms with Crippen molar-refractivity contribution in [2.24, 2.45) is 29.3 Å². The number of rotatable bonds is 9. The van der Waals surface area contributed by atoms with Gasteiger partial charge in [0.2, 0.25) is 11.8 Å². The van der Waals surface area contributed by atoms with E-state index in [1.54, 1.807) is 6.20 Å². The molecule has 4 rings (SSSR count). The number of carboxylic acid groups (broad SMARTS) is 1. The molecule has 0 spiro atoms. The van der Waals surface area contributed by atoms with Crippen LogP contribution in [0.4, 0.5) is 0 Å². The van der Waals surface area contributed by atoms with Crippen molar-refractivity contribution in [3.63, 3.8) is 0 Å². The second kappa shape index (κ2) is 12.8. The number of hydrogen-bond acceptors (Lipinski definition) is 7. The minimum atomic E-state index is -0.917. The summed E-state index contributed by atoms with van der Waals surface area (Å²) in [6, 6.07) is 3.38. The average Bonchev–Trinajstić information content (AvgIpc) is 3.24. The van der Waals surface area contributed by atoms with E-state index in [2.05, 4.69) is 15.9 Å². The molecule has 10 nitrogen and oxygen atoms in total. The number of nitrogens with two attached hydrogens (primary N) is 2. The highest BCUT2D eigenvalue weighted by Crippen LogP contribution is 2.43. The molecule has 2 heterocycles. The van der Waals surface area contributed by atoms with Gasteiger partial charge in [-0.05, 0) is 57.2 Å². The van der Waals surface area contributed by atoms with Crippen LogP contribution in [0.15, 0.2) is 28.5 Å². The van der Waals surface area contributed by atoms with Crippen LogP contribution in [0.1, 0.15) is 70.0 Å². The number of fused-ring (bicyclic) bond motifs is 1. The van der Waals surface area contributed by atoms with Crippen molar-refractivity contribution in [1.82, 2.24) is 14.8 Å². The highest BCUT2D eigenvalue weighted by molar-refractivity contribution is 9.10. The molecule has 1 aliphatic carbocycles. The lowest BCUT2D eigenvalue weighted by atomic mass is 9.77. The van der Waals surface area contributed by atoms with Gasteiger partial charge < -0.3 is 30.4 Å². The number of halogens is 1. The monoisotopic (exact) mass is 619 g/mol. The second-order valence-corrected chi connectivity index (χ2v) is 12.4. The largest absolute Gasteiger partial charge is 0.487 e. The molecule has 2 aliphatic heterocycles. The Hall–Kier alpha value is -2.79. The van der Waals surface area contributed by atoms with Crippen LogP contribution in [0.2, 0.25) is 0 Å². The molecule has 1 aromatic rings. The van der Waals surface area contributed by atoms with E-state index in [9.17, 15) is 19.5 Å². The number of benzene rings is 1. The predicted molar refractivity (Wildman–Crippen MR) is 155 cm³/mol. The number of likely N-dealkylation sites (tertiary alicyclic amines) is 1. The molecule has 0 bridgehead atoms. The van der Waals surface area contributed by atoms with Gasteiger partial charge in [0.15, 0.2) is 0 Å². The molecule has 4 unspecified atom stereocenters. The van der Waals surface area contributed by atoms with Gasteiger partial charge >= 0.3 is 5.97 Å².